The number of aromatic nitrogens is 2. The molecule has 2 aliphatic heterocycles. The second-order valence-electron chi connectivity index (χ2n) is 14.6. The number of carbonyl (C=O) groups excluding carboxylic acids is 2. The van der Waals surface area contributed by atoms with Gasteiger partial charge in [-0.15, -0.1) is 0 Å². The van der Waals surface area contributed by atoms with E-state index >= 15 is 0 Å². The second kappa shape index (κ2) is 14.6. The zero-order chi connectivity index (χ0) is 35.7. The number of carbonyl (C=O) groups is 2. The Balaban J connectivity index is 1.27. The second-order valence-corrected chi connectivity index (χ2v) is 20.3. The minimum Gasteiger partial charge on any atom is -0.491 e. The molecule has 51 heavy (non-hydrogen) atoms. The number of aliphatic hydroxyl groups excluding tert-OH is 1. The van der Waals surface area contributed by atoms with E-state index in [1.165, 1.54) is 18.4 Å². The maximum Gasteiger partial charge on any atom is 0.318 e. The van der Waals surface area contributed by atoms with E-state index in [1.54, 1.807) is 24.2 Å². The third-order valence-electron chi connectivity index (χ3n) is 9.81. The van der Waals surface area contributed by atoms with E-state index < -0.39 is 14.0 Å². The van der Waals surface area contributed by atoms with Crippen LogP contribution >= 0.6 is 0 Å². The molecule has 0 bridgehead atoms. The fourth-order valence-corrected chi connectivity index (χ4v) is 7.61. The zero-order valence-electron chi connectivity index (χ0n) is 29.8. The van der Waals surface area contributed by atoms with Crippen LogP contribution in [0.15, 0.2) is 71.9 Å². The van der Waals surface area contributed by atoms with Gasteiger partial charge in [-0.05, 0) is 78.7 Å². The molecule has 2 aromatic heterocycles. The largest absolute Gasteiger partial charge is 0.491 e. The maximum absolute atomic E-state index is 14.1. The first-order chi connectivity index (χ1) is 24.7. The van der Waals surface area contributed by atoms with E-state index in [-0.39, 0.29) is 31.3 Å². The van der Waals surface area contributed by atoms with Crippen LogP contribution in [0.5, 0.6) is 5.75 Å². The van der Waals surface area contributed by atoms with Gasteiger partial charge in [-0.1, -0.05) is 50.0 Å². The van der Waals surface area contributed by atoms with Gasteiger partial charge in [0.2, 0.25) is 0 Å². The van der Waals surface area contributed by atoms with Gasteiger partial charge in [-0.25, -0.2) is 4.98 Å². The van der Waals surface area contributed by atoms with Crippen LogP contribution < -0.4 is 9.64 Å². The van der Waals surface area contributed by atoms with Gasteiger partial charge in [0.1, 0.15) is 36.7 Å². The Morgan fingerprint density at radius 2 is 1.90 bits per heavy atom. The van der Waals surface area contributed by atoms with Crippen LogP contribution in [0.4, 0.5) is 5.69 Å². The Hall–Kier alpha value is -4.58. The molecule has 4 aromatic rings. The summed E-state index contributed by atoms with van der Waals surface area (Å²) < 4.78 is 19.6. The monoisotopic (exact) mass is 706 g/mol. The van der Waals surface area contributed by atoms with Gasteiger partial charge in [0, 0.05) is 38.0 Å². The number of aliphatic hydroxyl groups is 1. The molecule has 4 heterocycles. The van der Waals surface area contributed by atoms with Crippen molar-refractivity contribution in [2.45, 2.75) is 70.7 Å². The van der Waals surface area contributed by atoms with Crippen molar-refractivity contribution in [2.75, 3.05) is 31.3 Å². The van der Waals surface area contributed by atoms with Crippen LogP contribution in [0, 0.1) is 5.92 Å². The number of ether oxygens (including phenoxy) is 3. The molecular formula is C40H46N4O6Si. The molecule has 11 heteroatoms. The predicted octanol–water partition coefficient (Wildman–Crippen LogP) is 7.29. The fraction of sp³-hybridized carbons (Fsp3) is 0.400. The number of aliphatic imine (C=N–C) groups is 1. The van der Waals surface area contributed by atoms with E-state index in [4.69, 9.17) is 24.2 Å². The number of hydrogen-bond acceptors (Lipinski definition) is 8. The molecule has 2 aromatic carbocycles. The van der Waals surface area contributed by atoms with E-state index in [0.29, 0.717) is 54.8 Å². The Bertz CT molecular complexity index is 2000. The number of benzene rings is 2. The van der Waals surface area contributed by atoms with Crippen LogP contribution in [-0.4, -0.2) is 67.2 Å². The smallest absolute Gasteiger partial charge is 0.318 e. The first-order valence-corrected chi connectivity index (χ1v) is 21.6. The summed E-state index contributed by atoms with van der Waals surface area (Å²) in [4.78, 5) is 37.8. The Kier molecular flexibility index (Phi) is 9.96. The highest BCUT2D eigenvalue weighted by Gasteiger charge is 2.31. The van der Waals surface area contributed by atoms with Crippen molar-refractivity contribution < 1.29 is 28.9 Å². The zero-order valence-corrected chi connectivity index (χ0v) is 30.8. The van der Waals surface area contributed by atoms with Crippen molar-refractivity contribution in [3.8, 4) is 16.9 Å². The Labute approximate surface area is 299 Å². The van der Waals surface area contributed by atoms with Gasteiger partial charge in [-0.3, -0.25) is 14.6 Å². The van der Waals surface area contributed by atoms with Crippen molar-refractivity contribution >= 4 is 42.9 Å². The quantitative estimate of drug-likeness (QED) is 0.0713. The summed E-state index contributed by atoms with van der Waals surface area (Å²) in [6.07, 6.45) is 9.51. The third kappa shape index (κ3) is 7.28. The summed E-state index contributed by atoms with van der Waals surface area (Å²) in [5, 5.41) is 11.8. The van der Waals surface area contributed by atoms with Crippen LogP contribution in [-0.2, 0) is 27.6 Å². The molecule has 266 valence electrons. The molecule has 1 amide bonds. The number of dihydropyridines is 1. The molecule has 2 atom stereocenters. The van der Waals surface area contributed by atoms with Crippen molar-refractivity contribution in [1.82, 2.24) is 9.55 Å². The number of rotatable bonds is 12. The van der Waals surface area contributed by atoms with Crippen molar-refractivity contribution in [3.63, 3.8) is 0 Å². The summed E-state index contributed by atoms with van der Waals surface area (Å²) in [7, 11) is -1.31. The van der Waals surface area contributed by atoms with Gasteiger partial charge in [0.15, 0.2) is 0 Å². The first-order valence-electron chi connectivity index (χ1n) is 17.9. The highest BCUT2D eigenvalue weighted by molar-refractivity contribution is 6.76. The van der Waals surface area contributed by atoms with Crippen molar-refractivity contribution in [2.24, 2.45) is 10.9 Å². The minimum absolute atomic E-state index is 0.149. The van der Waals surface area contributed by atoms with Crippen LogP contribution in [0.2, 0.25) is 25.7 Å². The number of anilines is 1. The SMILES string of the molecule is CCOC(=O)C1C=CC(c2cc3c(-c4cccc(N5CCOc6cc(C7CC7)ccc6C5=O)c4CO)ccnc3n2COCC[Si](C)(C)C)N=C1. The average molecular weight is 707 g/mol. The normalized spacial score (nSPS) is 18.8. The minimum atomic E-state index is -1.31. The standard InChI is InChI=1S/C40H46N4O6Si/c1-5-49-40(47)28-12-14-34(42-23-28)36-22-32-30(15-16-41-38(32)44(36)25-48-19-20-51(2,3)4)29-7-6-8-35(33(29)24-45)43-17-18-50-37-21-27(26-9-10-26)11-13-31(37)39(43)46/h6-8,11-16,21-23,26,28,34,45H,5,9-10,17-20,24-25H2,1-4H3. The molecule has 0 radical (unpaired) electrons. The number of nitrogens with zero attached hydrogens (tertiary/aromatic N) is 4. The molecule has 1 saturated carbocycles. The first kappa shape index (κ1) is 34.8. The van der Waals surface area contributed by atoms with E-state index in [1.807, 2.05) is 59.2 Å². The third-order valence-corrected chi connectivity index (χ3v) is 11.5. The van der Waals surface area contributed by atoms with Crippen LogP contribution in [0.25, 0.3) is 22.2 Å². The highest BCUT2D eigenvalue weighted by Crippen LogP contribution is 2.43. The van der Waals surface area contributed by atoms with Gasteiger partial charge in [-0.2, -0.15) is 0 Å². The lowest BCUT2D eigenvalue weighted by Gasteiger charge is -2.24. The molecule has 0 saturated heterocycles. The lowest BCUT2D eigenvalue weighted by Crippen LogP contribution is -2.33. The molecule has 7 rings (SSSR count). The molecule has 3 aliphatic rings. The topological polar surface area (TPSA) is 115 Å². The number of hydrogen-bond donors (Lipinski definition) is 1. The number of esters is 1. The van der Waals surface area contributed by atoms with Crippen LogP contribution in [0.1, 0.15) is 58.9 Å². The highest BCUT2D eigenvalue weighted by atomic mass is 28.3. The van der Waals surface area contributed by atoms with Crippen molar-refractivity contribution in [1.29, 1.82) is 0 Å². The summed E-state index contributed by atoms with van der Waals surface area (Å²) in [6.45, 7) is 10.4. The van der Waals surface area contributed by atoms with E-state index in [2.05, 4.69) is 25.7 Å². The molecule has 2 unspecified atom stereocenters. The summed E-state index contributed by atoms with van der Waals surface area (Å²) in [5.74, 6) is 0.169. The fourth-order valence-electron chi connectivity index (χ4n) is 6.86. The number of fused-ring (bicyclic) bond motifs is 2. The molecule has 10 nitrogen and oxygen atoms in total. The van der Waals surface area contributed by atoms with Gasteiger partial charge in [0.25, 0.3) is 5.91 Å². The maximum atomic E-state index is 14.1. The summed E-state index contributed by atoms with van der Waals surface area (Å²) >= 11 is 0. The lowest BCUT2D eigenvalue weighted by atomic mass is 9.96. The predicted molar refractivity (Wildman–Crippen MR) is 201 cm³/mol. The van der Waals surface area contributed by atoms with Gasteiger partial charge in [0.05, 0.1) is 36.7 Å². The average Bonchev–Trinajstić information content (AvgIpc) is 3.93. The van der Waals surface area contributed by atoms with Crippen molar-refractivity contribution in [3.05, 3.63) is 89.3 Å². The Morgan fingerprint density at radius 3 is 2.63 bits per heavy atom. The molecular weight excluding hydrogens is 661 g/mol. The van der Waals surface area contributed by atoms with Gasteiger partial charge < -0.3 is 28.8 Å². The molecule has 0 spiro atoms. The summed E-state index contributed by atoms with van der Waals surface area (Å²) in [5.41, 5.74) is 6.30. The molecule has 1 fully saturated rings. The molecule has 1 N–H and O–H groups in total. The van der Waals surface area contributed by atoms with E-state index in [0.717, 1.165) is 33.9 Å². The number of amides is 1. The number of pyridine rings is 1. The summed E-state index contributed by atoms with van der Waals surface area (Å²) in [6, 6.07) is 16.4. The van der Waals surface area contributed by atoms with E-state index in [9.17, 15) is 14.7 Å². The van der Waals surface area contributed by atoms with Crippen LogP contribution in [0.3, 0.4) is 0 Å². The molecule has 1 aliphatic carbocycles. The van der Waals surface area contributed by atoms with Gasteiger partial charge >= 0.3 is 5.97 Å². The Morgan fingerprint density at radius 1 is 1.06 bits per heavy atom. The lowest BCUT2D eigenvalue weighted by molar-refractivity contribution is -0.144.